The van der Waals surface area contributed by atoms with Gasteiger partial charge < -0.3 is 0 Å². The Morgan fingerprint density at radius 3 is 0.987 bits per heavy atom. The Labute approximate surface area is 507 Å². The summed E-state index contributed by atoms with van der Waals surface area (Å²) < 4.78 is 0. The monoisotopic (exact) mass is 1260 g/mol. The molecule has 0 nitrogen and oxygen atoms in total. The number of halogens is 4. The average molecular weight is 1270 g/mol. The van der Waals surface area contributed by atoms with E-state index in [0.717, 1.165) is 25.7 Å². The van der Waals surface area contributed by atoms with Crippen molar-refractivity contribution in [3.05, 3.63) is 235 Å². The van der Waals surface area contributed by atoms with E-state index in [-0.39, 0.29) is 21.7 Å². The normalized spacial score (nSPS) is 12.6. The van der Waals surface area contributed by atoms with Gasteiger partial charge in [-0.15, -0.1) is 44.5 Å². The molecular weight excluding hydrogens is 1190 g/mol. The molecule has 4 aliphatic carbocycles. The third kappa shape index (κ3) is 14.8. The summed E-state index contributed by atoms with van der Waals surface area (Å²) in [5.41, 5.74) is 33.9. The van der Waals surface area contributed by atoms with Crippen LogP contribution in [0.4, 0.5) is 0 Å². The van der Waals surface area contributed by atoms with Crippen LogP contribution in [0.25, 0.3) is 44.5 Å². The van der Waals surface area contributed by atoms with Crippen LogP contribution in [0.1, 0.15) is 172 Å². The maximum absolute atomic E-state index is 4.93. The van der Waals surface area contributed by atoms with Gasteiger partial charge in [0.25, 0.3) is 0 Å². The molecule has 0 amide bonds. The molecule has 0 unspecified atom stereocenters. The van der Waals surface area contributed by atoms with E-state index in [1.807, 2.05) is 0 Å². The maximum atomic E-state index is 4.93. The predicted molar refractivity (Wildman–Crippen MR) is 331 cm³/mol. The Morgan fingerprint density at radius 1 is 0.333 bits per heavy atom. The minimum absolute atomic E-state index is 0.158. The molecule has 0 aliphatic heterocycles. The zero-order chi connectivity index (χ0) is 57.1. The van der Waals surface area contributed by atoms with E-state index in [0.29, 0.717) is 0 Å². The van der Waals surface area contributed by atoms with Crippen molar-refractivity contribution in [1.29, 1.82) is 0 Å². The van der Waals surface area contributed by atoms with Gasteiger partial charge in [0.05, 0.1) is 0 Å². The zero-order valence-electron chi connectivity index (χ0n) is 48.9. The van der Waals surface area contributed by atoms with Crippen LogP contribution in [0.3, 0.4) is 0 Å². The van der Waals surface area contributed by atoms with Gasteiger partial charge in [0.15, 0.2) is 0 Å². The number of fused-ring (bicyclic) bond motifs is 12. The van der Waals surface area contributed by atoms with E-state index in [1.54, 1.807) is 0 Å². The molecule has 8 aromatic rings. The van der Waals surface area contributed by atoms with Gasteiger partial charge >= 0.3 is 75.7 Å². The van der Waals surface area contributed by atoms with E-state index < -0.39 is 41.7 Å². The van der Waals surface area contributed by atoms with Crippen LogP contribution < -0.4 is 0 Å². The molecule has 0 fully saturated rings. The molecule has 0 N–H and O–H groups in total. The third-order valence-electron chi connectivity index (χ3n) is 15.2. The van der Waals surface area contributed by atoms with E-state index in [4.69, 9.17) is 34.1 Å². The molecular formula is C72H76Cl4Zr2. The molecule has 400 valence electrons. The fourth-order valence-corrected chi connectivity index (χ4v) is 11.0. The SMILES string of the molecule is Cc1[c-]c2c(cc1)-c1ccccc1C2.Cc1[c-]c2c(cc1)-c1ccccc1C2.Cc1cc(C(C)(C)C)[c-]c2c1-c1ccc(C(C)(C)C)cc1C2.Cc1cc(C(C)(C)C)[c-]c2c1-c1ccc(C(C)(C)C)cc1C2.[Cl][Zr+2][Cl].[Cl][Zr+2][Cl]. The molecule has 78 heavy (non-hydrogen) atoms. The number of aryl methyl sites for hydroxylation is 4. The molecule has 0 aromatic heterocycles. The quantitative estimate of drug-likeness (QED) is 0.133. The van der Waals surface area contributed by atoms with Crippen LogP contribution in [0.2, 0.25) is 0 Å². The first-order valence-electron chi connectivity index (χ1n) is 27.2. The van der Waals surface area contributed by atoms with Gasteiger partial charge in [-0.3, -0.25) is 0 Å². The van der Waals surface area contributed by atoms with Crippen molar-refractivity contribution >= 4 is 34.1 Å². The van der Waals surface area contributed by atoms with Crippen LogP contribution in [-0.4, -0.2) is 0 Å². The van der Waals surface area contributed by atoms with E-state index >= 15 is 0 Å². The van der Waals surface area contributed by atoms with Crippen LogP contribution in [0.5, 0.6) is 0 Å². The van der Waals surface area contributed by atoms with Gasteiger partial charge in [-0.2, -0.15) is 94.0 Å². The molecule has 0 radical (unpaired) electrons. The molecule has 6 heteroatoms. The summed E-state index contributed by atoms with van der Waals surface area (Å²) in [4.78, 5) is 0. The predicted octanol–water partition coefficient (Wildman–Crippen LogP) is 21.4. The van der Waals surface area contributed by atoms with Crippen LogP contribution in [-0.2, 0) is 89.0 Å². The minimum atomic E-state index is -0.826. The Kier molecular flexibility index (Phi) is 20.7. The van der Waals surface area contributed by atoms with E-state index in [1.165, 1.54) is 134 Å². The molecule has 0 bridgehead atoms. The van der Waals surface area contributed by atoms with Crippen molar-refractivity contribution in [3.63, 3.8) is 0 Å². The average Bonchev–Trinajstić information content (AvgIpc) is 4.21. The summed E-state index contributed by atoms with van der Waals surface area (Å²) in [6.45, 7) is 36.0. The second-order valence-electron chi connectivity index (χ2n) is 25.4. The third-order valence-corrected chi connectivity index (χ3v) is 15.2. The number of rotatable bonds is 0. The first kappa shape index (κ1) is 62.3. The second-order valence-corrected chi connectivity index (χ2v) is 32.9. The number of hydrogen-bond acceptors (Lipinski definition) is 0. The van der Waals surface area contributed by atoms with Crippen LogP contribution >= 0.6 is 34.1 Å². The second kappa shape index (κ2) is 25.9. The summed E-state index contributed by atoms with van der Waals surface area (Å²) in [6, 6.07) is 58.9. The van der Waals surface area contributed by atoms with Gasteiger partial charge in [0.1, 0.15) is 0 Å². The standard InChI is InChI=1S/2C22H27.2C14H11.4ClH.2Zr/c2*1-14-10-18(22(5,6)7)13-16-11-15-12-17(21(2,3)4)8-9-19(15)20(14)16;2*1-10-6-7-14-12(8-10)9-11-4-2-3-5-13(11)14;;;;;;/h2*8-10,12H,11H2,1-7H3;2*2-7H,9H2,1H3;4*1H;;/q4*-1;;;;;2*+4/p-4. The van der Waals surface area contributed by atoms with Crippen LogP contribution in [0.15, 0.2) is 121 Å². The molecule has 0 heterocycles. The molecule has 12 rings (SSSR count). The van der Waals surface area contributed by atoms with E-state index in [2.05, 4.69) is 256 Å². The first-order valence-corrected chi connectivity index (χ1v) is 39.9. The first-order chi connectivity index (χ1) is 36.7. The van der Waals surface area contributed by atoms with Crippen molar-refractivity contribution in [2.24, 2.45) is 0 Å². The van der Waals surface area contributed by atoms with Crippen LogP contribution in [0, 0.1) is 52.0 Å². The summed E-state index contributed by atoms with van der Waals surface area (Å²) in [5, 5.41) is 0. The van der Waals surface area contributed by atoms with Gasteiger partial charge in [-0.1, -0.05) is 229 Å². The van der Waals surface area contributed by atoms with Crippen molar-refractivity contribution in [2.75, 3.05) is 0 Å². The molecule has 0 atom stereocenters. The molecule has 0 spiro atoms. The fourth-order valence-electron chi connectivity index (χ4n) is 11.0. The summed E-state index contributed by atoms with van der Waals surface area (Å²) in [6.07, 6.45) is 4.15. The summed E-state index contributed by atoms with van der Waals surface area (Å²) in [5.74, 6) is 0. The Balaban J connectivity index is 0.000000148. The van der Waals surface area contributed by atoms with Gasteiger partial charge in [0.2, 0.25) is 0 Å². The molecule has 4 aliphatic rings. The van der Waals surface area contributed by atoms with Crippen molar-refractivity contribution in [3.8, 4) is 44.5 Å². The Hall–Kier alpha value is -3.31. The van der Waals surface area contributed by atoms with Crippen molar-refractivity contribution < 1.29 is 41.7 Å². The molecule has 0 saturated heterocycles. The van der Waals surface area contributed by atoms with Gasteiger partial charge in [-0.05, 0) is 69.6 Å². The molecule has 8 aromatic carbocycles. The van der Waals surface area contributed by atoms with Crippen molar-refractivity contribution in [2.45, 2.75) is 158 Å². The molecule has 0 saturated carbocycles. The summed E-state index contributed by atoms with van der Waals surface area (Å²) in [7, 11) is 19.7. The van der Waals surface area contributed by atoms with Gasteiger partial charge in [0, 0.05) is 0 Å². The fraction of sp³-hybridized carbons (Fsp3) is 0.333. The zero-order valence-corrected chi connectivity index (χ0v) is 56.8. The van der Waals surface area contributed by atoms with E-state index in [9.17, 15) is 0 Å². The number of hydrogen-bond donors (Lipinski definition) is 0. The summed E-state index contributed by atoms with van der Waals surface area (Å²) >= 11 is -1.65. The number of benzene rings is 8. The Morgan fingerprint density at radius 2 is 0.654 bits per heavy atom. The Bertz CT molecular complexity index is 3200. The topological polar surface area (TPSA) is 0 Å². The van der Waals surface area contributed by atoms with Gasteiger partial charge in [-0.25, -0.2) is 0 Å². The van der Waals surface area contributed by atoms with Crippen molar-refractivity contribution in [1.82, 2.24) is 0 Å².